The largest absolute Gasteiger partial charge is 0.379 e. The number of halogens is 1. The van der Waals surface area contributed by atoms with Gasteiger partial charge in [0.25, 0.3) is 0 Å². The molecule has 2 aromatic rings. The van der Waals surface area contributed by atoms with Crippen LogP contribution in [0.15, 0.2) is 29.0 Å². The van der Waals surface area contributed by atoms with E-state index >= 15 is 0 Å². The summed E-state index contributed by atoms with van der Waals surface area (Å²) in [6, 6.07) is 4.04. The number of aromatic nitrogens is 2. The van der Waals surface area contributed by atoms with Crippen LogP contribution in [-0.4, -0.2) is 40.6 Å². The quantitative estimate of drug-likeness (QED) is 0.848. The van der Waals surface area contributed by atoms with Gasteiger partial charge in [0.05, 0.1) is 18.9 Å². The van der Waals surface area contributed by atoms with Gasteiger partial charge in [-0.15, -0.1) is 0 Å². The third-order valence-corrected chi connectivity index (χ3v) is 3.42. The van der Waals surface area contributed by atoms with Gasteiger partial charge in [-0.1, -0.05) is 0 Å². The Morgan fingerprint density at radius 2 is 2.06 bits per heavy atom. The van der Waals surface area contributed by atoms with E-state index in [1.54, 1.807) is 0 Å². The highest BCUT2D eigenvalue weighted by atomic mass is 79.9. The fourth-order valence-corrected chi connectivity index (χ4v) is 2.43. The number of rotatable bonds is 2. The molecule has 1 aliphatic rings. The lowest BCUT2D eigenvalue weighted by Gasteiger charge is -2.25. The first-order valence-electron chi connectivity index (χ1n) is 5.74. The van der Waals surface area contributed by atoms with Crippen molar-refractivity contribution in [3.8, 4) is 0 Å². The smallest absolute Gasteiger partial charge is 0.137 e. The minimum atomic E-state index is 0.832. The Labute approximate surface area is 108 Å². The second-order valence-corrected chi connectivity index (χ2v) is 5.15. The van der Waals surface area contributed by atoms with Crippen molar-refractivity contribution in [1.29, 1.82) is 0 Å². The lowest BCUT2D eigenvalue weighted by atomic mass is 10.3. The van der Waals surface area contributed by atoms with Crippen molar-refractivity contribution in [2.75, 3.05) is 26.3 Å². The van der Waals surface area contributed by atoms with E-state index in [1.165, 1.54) is 0 Å². The normalized spacial score (nSPS) is 17.7. The topological polar surface area (TPSA) is 29.8 Å². The molecule has 0 atom stereocenters. The number of imidazole rings is 1. The summed E-state index contributed by atoms with van der Waals surface area (Å²) in [5.41, 5.74) is 2.11. The molecule has 0 spiro atoms. The van der Waals surface area contributed by atoms with Gasteiger partial charge in [0.15, 0.2) is 0 Å². The van der Waals surface area contributed by atoms with Gasteiger partial charge in [0.1, 0.15) is 5.65 Å². The molecule has 0 unspecified atom stereocenters. The van der Waals surface area contributed by atoms with Crippen molar-refractivity contribution >= 4 is 21.6 Å². The van der Waals surface area contributed by atoms with Gasteiger partial charge < -0.3 is 9.14 Å². The van der Waals surface area contributed by atoms with E-state index < -0.39 is 0 Å². The molecule has 1 aliphatic heterocycles. The Kier molecular flexibility index (Phi) is 3.13. The van der Waals surface area contributed by atoms with Crippen LogP contribution in [-0.2, 0) is 11.3 Å². The molecule has 4 nitrogen and oxygen atoms in total. The summed E-state index contributed by atoms with van der Waals surface area (Å²) in [5, 5.41) is 0. The summed E-state index contributed by atoms with van der Waals surface area (Å²) >= 11 is 3.46. The van der Waals surface area contributed by atoms with Crippen LogP contribution in [0.2, 0.25) is 0 Å². The molecule has 2 aromatic heterocycles. The Bertz CT molecular complexity index is 519. The maximum Gasteiger partial charge on any atom is 0.137 e. The van der Waals surface area contributed by atoms with Crippen molar-refractivity contribution in [3.05, 3.63) is 34.7 Å². The van der Waals surface area contributed by atoms with Crippen LogP contribution < -0.4 is 0 Å². The zero-order chi connectivity index (χ0) is 11.7. The van der Waals surface area contributed by atoms with Crippen molar-refractivity contribution < 1.29 is 4.74 Å². The van der Waals surface area contributed by atoms with E-state index in [9.17, 15) is 0 Å². The van der Waals surface area contributed by atoms with Crippen molar-refractivity contribution in [3.63, 3.8) is 0 Å². The monoisotopic (exact) mass is 295 g/mol. The van der Waals surface area contributed by atoms with Gasteiger partial charge >= 0.3 is 0 Å². The highest BCUT2D eigenvalue weighted by Crippen LogP contribution is 2.13. The van der Waals surface area contributed by atoms with E-state index in [1.807, 2.05) is 18.3 Å². The van der Waals surface area contributed by atoms with Gasteiger partial charge in [-0.25, -0.2) is 4.98 Å². The maximum absolute atomic E-state index is 5.34. The Morgan fingerprint density at radius 3 is 2.88 bits per heavy atom. The number of morpholine rings is 1. The molecular formula is C12H14BrN3O. The van der Waals surface area contributed by atoms with Gasteiger partial charge in [0.2, 0.25) is 0 Å². The van der Waals surface area contributed by atoms with E-state index in [-0.39, 0.29) is 0 Å². The predicted octanol–water partition coefficient (Wildman–Crippen LogP) is 1.93. The Balaban J connectivity index is 1.80. The van der Waals surface area contributed by atoms with Crippen molar-refractivity contribution in [1.82, 2.24) is 14.3 Å². The molecule has 3 rings (SSSR count). The molecule has 3 heterocycles. The molecule has 1 saturated heterocycles. The molecule has 1 fully saturated rings. The van der Waals surface area contributed by atoms with E-state index in [4.69, 9.17) is 4.74 Å². The Hall–Kier alpha value is -0.910. The molecule has 90 valence electrons. The molecule has 0 saturated carbocycles. The van der Waals surface area contributed by atoms with Crippen LogP contribution in [0.25, 0.3) is 5.65 Å². The summed E-state index contributed by atoms with van der Waals surface area (Å²) in [7, 11) is 0. The van der Waals surface area contributed by atoms with Crippen LogP contribution >= 0.6 is 15.9 Å². The molecule has 5 heteroatoms. The van der Waals surface area contributed by atoms with E-state index in [0.717, 1.165) is 48.7 Å². The zero-order valence-corrected chi connectivity index (χ0v) is 11.1. The lowest BCUT2D eigenvalue weighted by molar-refractivity contribution is 0.0337. The van der Waals surface area contributed by atoms with Crippen LogP contribution in [0.3, 0.4) is 0 Å². The van der Waals surface area contributed by atoms with E-state index in [2.05, 4.69) is 36.4 Å². The molecule has 0 amide bonds. The molecule has 0 bridgehead atoms. The summed E-state index contributed by atoms with van der Waals surface area (Å²) in [4.78, 5) is 6.98. The average Bonchev–Trinajstić information content (AvgIpc) is 2.71. The Morgan fingerprint density at radius 1 is 1.24 bits per heavy atom. The average molecular weight is 296 g/mol. The minimum Gasteiger partial charge on any atom is -0.379 e. The highest BCUT2D eigenvalue weighted by molar-refractivity contribution is 9.10. The highest BCUT2D eigenvalue weighted by Gasteiger charge is 2.12. The minimum absolute atomic E-state index is 0.832. The standard InChI is InChI=1S/C12H14BrN3O/c13-10-1-2-12-14-11(9-16(12)7-10)8-15-3-5-17-6-4-15/h1-2,7,9H,3-6,8H2. The second kappa shape index (κ2) is 4.76. The van der Waals surface area contributed by atoms with Crippen LogP contribution in [0, 0.1) is 0 Å². The lowest BCUT2D eigenvalue weighted by Crippen LogP contribution is -2.35. The summed E-state index contributed by atoms with van der Waals surface area (Å²) in [6.45, 7) is 4.57. The first kappa shape index (κ1) is 11.2. The van der Waals surface area contributed by atoms with E-state index in [0.29, 0.717) is 0 Å². The van der Waals surface area contributed by atoms with Gasteiger partial charge in [-0.05, 0) is 28.1 Å². The summed E-state index contributed by atoms with van der Waals surface area (Å²) in [6.07, 6.45) is 4.13. The zero-order valence-electron chi connectivity index (χ0n) is 9.47. The number of nitrogens with zero attached hydrogens (tertiary/aromatic N) is 3. The van der Waals surface area contributed by atoms with Crippen LogP contribution in [0.5, 0.6) is 0 Å². The molecule has 0 N–H and O–H groups in total. The summed E-state index contributed by atoms with van der Waals surface area (Å²) in [5.74, 6) is 0. The van der Waals surface area contributed by atoms with Crippen LogP contribution in [0.1, 0.15) is 5.69 Å². The van der Waals surface area contributed by atoms with Crippen molar-refractivity contribution in [2.24, 2.45) is 0 Å². The second-order valence-electron chi connectivity index (χ2n) is 4.23. The number of hydrogen-bond donors (Lipinski definition) is 0. The third-order valence-electron chi connectivity index (χ3n) is 2.95. The first-order valence-corrected chi connectivity index (χ1v) is 6.54. The van der Waals surface area contributed by atoms with Gasteiger partial charge in [0, 0.05) is 36.5 Å². The number of hydrogen-bond acceptors (Lipinski definition) is 3. The number of fused-ring (bicyclic) bond motifs is 1. The fraction of sp³-hybridized carbons (Fsp3) is 0.417. The predicted molar refractivity (Wildman–Crippen MR) is 69.0 cm³/mol. The summed E-state index contributed by atoms with van der Waals surface area (Å²) < 4.78 is 8.46. The van der Waals surface area contributed by atoms with Crippen molar-refractivity contribution in [2.45, 2.75) is 6.54 Å². The molecule has 0 aromatic carbocycles. The third kappa shape index (κ3) is 2.51. The number of pyridine rings is 1. The molecule has 0 aliphatic carbocycles. The molecule has 0 radical (unpaired) electrons. The first-order chi connectivity index (χ1) is 8.31. The maximum atomic E-state index is 5.34. The van der Waals surface area contributed by atoms with Gasteiger partial charge in [-0.2, -0.15) is 0 Å². The molecule has 17 heavy (non-hydrogen) atoms. The fourth-order valence-electron chi connectivity index (χ4n) is 2.08. The van der Waals surface area contributed by atoms with Gasteiger partial charge in [-0.3, -0.25) is 4.90 Å². The number of ether oxygens (including phenoxy) is 1. The van der Waals surface area contributed by atoms with Crippen LogP contribution in [0.4, 0.5) is 0 Å². The SMILES string of the molecule is Brc1ccc2nc(CN3CCOCC3)cn2c1. The molecular weight excluding hydrogens is 282 g/mol.